The number of carboxylic acids is 1. The molecule has 1 saturated heterocycles. The molecule has 2 aromatic rings. The summed E-state index contributed by atoms with van der Waals surface area (Å²) in [6, 6.07) is 7.45. The van der Waals surface area contributed by atoms with Gasteiger partial charge in [0.2, 0.25) is 0 Å². The van der Waals surface area contributed by atoms with Gasteiger partial charge in [-0.1, -0.05) is 12.1 Å². The number of carbonyl (C=O) groups excluding carboxylic acids is 1. The number of carboxylic acid groups (broad SMARTS) is 1. The van der Waals surface area contributed by atoms with Crippen molar-refractivity contribution in [1.29, 1.82) is 0 Å². The molecule has 1 N–H and O–H groups in total. The monoisotopic (exact) mass is 395 g/mol. The molecule has 0 saturated carbocycles. The topological polar surface area (TPSA) is 57.6 Å². The molecule has 0 radical (unpaired) electrons. The van der Waals surface area contributed by atoms with Gasteiger partial charge >= 0.3 is 5.97 Å². The summed E-state index contributed by atoms with van der Waals surface area (Å²) in [5.41, 5.74) is 0.938. The number of carbonyl (C=O) groups is 2. The van der Waals surface area contributed by atoms with Crippen LogP contribution in [0.5, 0.6) is 0 Å². The average molecular weight is 395 g/mol. The van der Waals surface area contributed by atoms with Crippen LogP contribution in [0.4, 0.5) is 13.2 Å². The van der Waals surface area contributed by atoms with Crippen molar-refractivity contribution < 1.29 is 27.9 Å². The van der Waals surface area contributed by atoms with Crippen LogP contribution in [0.25, 0.3) is 11.1 Å². The zero-order chi connectivity index (χ0) is 19.6. The molecule has 1 unspecified atom stereocenters. The predicted molar refractivity (Wildman–Crippen MR) is 96.2 cm³/mol. The van der Waals surface area contributed by atoms with Crippen LogP contribution >= 0.6 is 11.8 Å². The summed E-state index contributed by atoms with van der Waals surface area (Å²) in [5.74, 6) is -4.06. The minimum atomic E-state index is -1.53. The number of thioether (sulfide) groups is 1. The highest BCUT2D eigenvalue weighted by Gasteiger charge is 2.29. The van der Waals surface area contributed by atoms with Crippen LogP contribution in [0.3, 0.4) is 0 Å². The molecule has 1 amide bonds. The largest absolute Gasteiger partial charge is 0.481 e. The Bertz CT molecular complexity index is 850. The van der Waals surface area contributed by atoms with E-state index in [0.29, 0.717) is 23.4 Å². The van der Waals surface area contributed by atoms with Crippen LogP contribution < -0.4 is 0 Å². The molecule has 2 aromatic carbocycles. The van der Waals surface area contributed by atoms with E-state index in [1.807, 2.05) is 0 Å². The lowest BCUT2D eigenvalue weighted by molar-refractivity contribution is -0.138. The third-order valence-corrected chi connectivity index (χ3v) is 5.44. The molecule has 4 nitrogen and oxygen atoms in total. The molecule has 0 bridgehead atoms. The molecule has 0 aromatic heterocycles. The fourth-order valence-corrected chi connectivity index (χ4v) is 4.05. The van der Waals surface area contributed by atoms with Crippen molar-refractivity contribution in [2.75, 3.05) is 18.1 Å². The number of halogens is 3. The van der Waals surface area contributed by atoms with Crippen LogP contribution in [0.2, 0.25) is 0 Å². The van der Waals surface area contributed by atoms with E-state index in [4.69, 9.17) is 5.11 Å². The highest BCUT2D eigenvalue weighted by molar-refractivity contribution is 7.99. The number of benzene rings is 2. The lowest BCUT2D eigenvalue weighted by Crippen LogP contribution is -2.47. The minimum Gasteiger partial charge on any atom is -0.481 e. The van der Waals surface area contributed by atoms with Crippen molar-refractivity contribution in [3.05, 3.63) is 59.4 Å². The summed E-state index contributed by atoms with van der Waals surface area (Å²) in [4.78, 5) is 25.3. The normalized spacial score (nSPS) is 17.0. The van der Waals surface area contributed by atoms with Crippen molar-refractivity contribution in [1.82, 2.24) is 4.90 Å². The summed E-state index contributed by atoms with van der Waals surface area (Å²) in [5, 5.41) is 9.03. The Morgan fingerprint density at radius 2 is 1.70 bits per heavy atom. The van der Waals surface area contributed by atoms with Gasteiger partial charge < -0.3 is 10.0 Å². The van der Waals surface area contributed by atoms with Crippen molar-refractivity contribution in [2.45, 2.75) is 12.5 Å². The molecular weight excluding hydrogens is 379 g/mol. The first-order valence-corrected chi connectivity index (χ1v) is 9.38. The van der Waals surface area contributed by atoms with Crippen LogP contribution in [0.15, 0.2) is 36.4 Å². The van der Waals surface area contributed by atoms with Gasteiger partial charge in [-0.25, -0.2) is 13.2 Å². The molecule has 27 heavy (non-hydrogen) atoms. The minimum absolute atomic E-state index is 0.120. The van der Waals surface area contributed by atoms with E-state index in [1.54, 1.807) is 16.7 Å². The maximum Gasteiger partial charge on any atom is 0.305 e. The highest BCUT2D eigenvalue weighted by atomic mass is 32.2. The van der Waals surface area contributed by atoms with E-state index >= 15 is 0 Å². The Balaban J connectivity index is 1.82. The zero-order valence-corrected chi connectivity index (χ0v) is 14.9. The molecule has 3 rings (SSSR count). The van der Waals surface area contributed by atoms with Gasteiger partial charge in [0.05, 0.1) is 12.5 Å². The van der Waals surface area contributed by atoms with Gasteiger partial charge in [-0.3, -0.25) is 9.59 Å². The first-order chi connectivity index (χ1) is 12.9. The number of hydrogen-bond donors (Lipinski definition) is 1. The van der Waals surface area contributed by atoms with Crippen molar-refractivity contribution in [3.63, 3.8) is 0 Å². The maximum atomic E-state index is 13.4. The third kappa shape index (κ3) is 4.27. The molecule has 142 valence electrons. The van der Waals surface area contributed by atoms with Crippen LogP contribution in [-0.2, 0) is 4.79 Å². The van der Waals surface area contributed by atoms with Gasteiger partial charge in [0.25, 0.3) is 5.91 Å². The van der Waals surface area contributed by atoms with E-state index < -0.39 is 23.4 Å². The van der Waals surface area contributed by atoms with Gasteiger partial charge in [0.15, 0.2) is 17.5 Å². The Kier molecular flexibility index (Phi) is 5.74. The molecule has 8 heteroatoms. The number of rotatable bonds is 4. The summed E-state index contributed by atoms with van der Waals surface area (Å²) >= 11 is 1.61. The second-order valence-corrected chi connectivity index (χ2v) is 7.31. The van der Waals surface area contributed by atoms with E-state index in [-0.39, 0.29) is 23.9 Å². The molecule has 1 atom stereocenters. The van der Waals surface area contributed by atoms with Gasteiger partial charge in [0, 0.05) is 23.6 Å². The molecular formula is C19H16F3NO3S. The van der Waals surface area contributed by atoms with Crippen LogP contribution in [0, 0.1) is 17.5 Å². The van der Waals surface area contributed by atoms with E-state index in [0.717, 1.165) is 17.9 Å². The van der Waals surface area contributed by atoms with Gasteiger partial charge in [0.1, 0.15) is 0 Å². The van der Waals surface area contributed by atoms with E-state index in [2.05, 4.69) is 0 Å². The SMILES string of the molecule is O=C(O)CC1CSCCN1C(=O)c1ccc(-c2cc(F)c(F)c(F)c2)cc1. The molecule has 1 aliphatic heterocycles. The maximum absolute atomic E-state index is 13.4. The highest BCUT2D eigenvalue weighted by Crippen LogP contribution is 2.26. The quantitative estimate of drug-likeness (QED) is 0.800. The summed E-state index contributed by atoms with van der Waals surface area (Å²) in [7, 11) is 0. The molecule has 1 fully saturated rings. The lowest BCUT2D eigenvalue weighted by Gasteiger charge is -2.34. The van der Waals surface area contributed by atoms with Crippen LogP contribution in [0.1, 0.15) is 16.8 Å². The van der Waals surface area contributed by atoms with Gasteiger partial charge in [-0.05, 0) is 35.4 Å². The molecule has 1 heterocycles. The third-order valence-electron chi connectivity index (χ3n) is 4.35. The second-order valence-electron chi connectivity index (χ2n) is 6.16. The summed E-state index contributed by atoms with van der Waals surface area (Å²) in [6.07, 6.45) is -0.120. The van der Waals surface area contributed by atoms with E-state index in [9.17, 15) is 22.8 Å². The van der Waals surface area contributed by atoms with Crippen molar-refractivity contribution in [2.24, 2.45) is 0 Å². The Morgan fingerprint density at radius 3 is 2.30 bits per heavy atom. The van der Waals surface area contributed by atoms with Crippen LogP contribution in [-0.4, -0.2) is 46.0 Å². The Labute approximate surface area is 158 Å². The molecule has 0 aliphatic carbocycles. The predicted octanol–water partition coefficient (Wildman–Crippen LogP) is 3.80. The fraction of sp³-hybridized carbons (Fsp3) is 0.263. The van der Waals surface area contributed by atoms with Crippen molar-refractivity contribution in [3.8, 4) is 11.1 Å². The second kappa shape index (κ2) is 8.04. The van der Waals surface area contributed by atoms with Crippen molar-refractivity contribution >= 4 is 23.6 Å². The summed E-state index contributed by atoms with van der Waals surface area (Å²) in [6.45, 7) is 0.456. The van der Waals surface area contributed by atoms with Gasteiger partial charge in [-0.2, -0.15) is 11.8 Å². The molecule has 1 aliphatic rings. The zero-order valence-electron chi connectivity index (χ0n) is 14.1. The number of amides is 1. The summed E-state index contributed by atoms with van der Waals surface area (Å²) < 4.78 is 39.9. The van der Waals surface area contributed by atoms with E-state index in [1.165, 1.54) is 24.3 Å². The Hall–Kier alpha value is -2.48. The number of hydrogen-bond acceptors (Lipinski definition) is 3. The first kappa shape index (κ1) is 19.3. The first-order valence-electron chi connectivity index (χ1n) is 8.22. The fourth-order valence-electron chi connectivity index (χ4n) is 2.99. The smallest absolute Gasteiger partial charge is 0.305 e. The molecule has 0 spiro atoms. The Morgan fingerprint density at radius 1 is 1.07 bits per heavy atom. The average Bonchev–Trinajstić information content (AvgIpc) is 2.65. The number of nitrogens with zero attached hydrogens (tertiary/aromatic N) is 1. The standard InChI is InChI=1S/C19H16F3NO3S/c20-15-7-13(8-16(21)18(15)22)11-1-3-12(4-2-11)19(26)23-5-6-27-10-14(23)9-17(24)25/h1-4,7-8,14H,5-6,9-10H2,(H,24,25). The number of aliphatic carboxylic acids is 1. The lowest BCUT2D eigenvalue weighted by atomic mass is 10.0. The van der Waals surface area contributed by atoms with Gasteiger partial charge in [-0.15, -0.1) is 0 Å².